The number of methoxy groups -OCH3 is 1. The van der Waals surface area contributed by atoms with Crippen LogP contribution >= 0.6 is 0 Å². The molecule has 0 saturated heterocycles. The summed E-state index contributed by atoms with van der Waals surface area (Å²) in [6.45, 7) is 0. The lowest BCUT2D eigenvalue weighted by Gasteiger charge is -2.35. The number of rotatable bonds is 3. The van der Waals surface area contributed by atoms with Gasteiger partial charge in [-0.15, -0.1) is 0 Å². The molecule has 1 aliphatic rings. The van der Waals surface area contributed by atoms with Crippen molar-refractivity contribution in [3.05, 3.63) is 29.3 Å². The van der Waals surface area contributed by atoms with Crippen LogP contribution in [0, 0.1) is 0 Å². The third-order valence-corrected chi connectivity index (χ3v) is 3.67. The second kappa shape index (κ2) is 4.88. The minimum atomic E-state index is -0.358. The topological polar surface area (TPSA) is 52.3 Å². The van der Waals surface area contributed by atoms with E-state index in [4.69, 9.17) is 10.5 Å². The summed E-state index contributed by atoms with van der Waals surface area (Å²) in [5.74, 6) is 0.765. The van der Waals surface area contributed by atoms with E-state index in [1.165, 1.54) is 6.42 Å². The van der Waals surface area contributed by atoms with E-state index in [1.807, 2.05) is 6.07 Å². The van der Waals surface area contributed by atoms with E-state index in [0.717, 1.165) is 43.3 Å². The van der Waals surface area contributed by atoms with Crippen LogP contribution in [0.2, 0.25) is 0 Å². The molecule has 0 amide bonds. The van der Waals surface area contributed by atoms with E-state index in [0.29, 0.717) is 5.56 Å². The lowest BCUT2D eigenvalue weighted by molar-refractivity contribution is 0.112. The number of carbonyl (C=O) groups excluding carboxylic acids is 1. The van der Waals surface area contributed by atoms with Gasteiger partial charge in [-0.25, -0.2) is 0 Å². The highest BCUT2D eigenvalue weighted by Gasteiger charge is 2.31. The molecule has 0 radical (unpaired) electrons. The summed E-state index contributed by atoms with van der Waals surface area (Å²) in [5, 5.41) is 0. The van der Waals surface area contributed by atoms with Gasteiger partial charge in [-0.3, -0.25) is 4.79 Å². The first-order chi connectivity index (χ1) is 8.19. The van der Waals surface area contributed by atoms with Crippen molar-refractivity contribution >= 4 is 6.29 Å². The Morgan fingerprint density at radius 3 is 2.59 bits per heavy atom. The van der Waals surface area contributed by atoms with Crippen LogP contribution in [0.4, 0.5) is 0 Å². The van der Waals surface area contributed by atoms with Crippen molar-refractivity contribution in [1.82, 2.24) is 0 Å². The number of ether oxygens (including phenoxy) is 1. The molecule has 1 aromatic carbocycles. The minimum absolute atomic E-state index is 0.358. The fourth-order valence-electron chi connectivity index (χ4n) is 2.65. The van der Waals surface area contributed by atoms with Crippen molar-refractivity contribution in [3.63, 3.8) is 0 Å². The van der Waals surface area contributed by atoms with Crippen LogP contribution < -0.4 is 10.5 Å². The molecule has 0 spiro atoms. The maximum Gasteiger partial charge on any atom is 0.150 e. The zero-order valence-corrected chi connectivity index (χ0v) is 10.2. The van der Waals surface area contributed by atoms with Crippen LogP contribution in [0.15, 0.2) is 18.2 Å². The summed E-state index contributed by atoms with van der Waals surface area (Å²) >= 11 is 0. The van der Waals surface area contributed by atoms with E-state index in [2.05, 4.69) is 0 Å². The molecule has 3 heteroatoms. The molecular weight excluding hydrogens is 214 g/mol. The van der Waals surface area contributed by atoms with E-state index in [-0.39, 0.29) is 5.54 Å². The van der Waals surface area contributed by atoms with Crippen LogP contribution in [0.1, 0.15) is 48.0 Å². The van der Waals surface area contributed by atoms with Crippen molar-refractivity contribution in [2.45, 2.75) is 37.6 Å². The largest absolute Gasteiger partial charge is 0.497 e. The van der Waals surface area contributed by atoms with Gasteiger partial charge in [-0.1, -0.05) is 19.3 Å². The third-order valence-electron chi connectivity index (χ3n) is 3.67. The fourth-order valence-corrected chi connectivity index (χ4v) is 2.65. The van der Waals surface area contributed by atoms with Gasteiger partial charge in [-0.2, -0.15) is 0 Å². The molecular formula is C14H19NO2. The van der Waals surface area contributed by atoms with E-state index < -0.39 is 0 Å². The standard InChI is InChI=1S/C14H19NO2/c1-17-12-6-5-11(10-16)13(9-12)14(15)7-3-2-4-8-14/h5-6,9-10H,2-4,7-8,15H2,1H3. The highest BCUT2D eigenvalue weighted by atomic mass is 16.5. The Morgan fingerprint density at radius 1 is 1.29 bits per heavy atom. The first-order valence-electron chi connectivity index (χ1n) is 6.12. The first kappa shape index (κ1) is 12.1. The fraction of sp³-hybridized carbons (Fsp3) is 0.500. The molecule has 0 aliphatic heterocycles. The Hall–Kier alpha value is -1.35. The van der Waals surface area contributed by atoms with Crippen molar-refractivity contribution in [2.75, 3.05) is 7.11 Å². The van der Waals surface area contributed by atoms with Crippen molar-refractivity contribution < 1.29 is 9.53 Å². The van der Waals surface area contributed by atoms with Crippen LogP contribution in [0.3, 0.4) is 0 Å². The van der Waals surface area contributed by atoms with Crippen LogP contribution in [0.5, 0.6) is 5.75 Å². The van der Waals surface area contributed by atoms with Gasteiger partial charge in [0, 0.05) is 11.1 Å². The van der Waals surface area contributed by atoms with Crippen molar-refractivity contribution in [3.8, 4) is 5.75 Å². The summed E-state index contributed by atoms with van der Waals surface area (Å²) in [5.41, 5.74) is 7.73. The maximum absolute atomic E-state index is 11.1. The molecule has 17 heavy (non-hydrogen) atoms. The molecule has 3 nitrogen and oxygen atoms in total. The predicted octanol–water partition coefficient (Wildman–Crippen LogP) is 2.63. The van der Waals surface area contributed by atoms with Gasteiger partial charge >= 0.3 is 0 Å². The normalized spacial score (nSPS) is 18.7. The van der Waals surface area contributed by atoms with Gasteiger partial charge in [0.05, 0.1) is 7.11 Å². The summed E-state index contributed by atoms with van der Waals surface area (Å²) in [6, 6.07) is 5.51. The molecule has 1 fully saturated rings. The molecule has 2 rings (SSSR count). The maximum atomic E-state index is 11.1. The zero-order chi connectivity index (χ0) is 12.3. The highest BCUT2D eigenvalue weighted by molar-refractivity contribution is 5.78. The molecule has 1 saturated carbocycles. The van der Waals surface area contributed by atoms with Crippen LogP contribution in [0.25, 0.3) is 0 Å². The molecule has 0 aromatic heterocycles. The second-order valence-electron chi connectivity index (χ2n) is 4.79. The number of nitrogens with two attached hydrogens (primary N) is 1. The molecule has 1 aromatic rings. The van der Waals surface area contributed by atoms with Gasteiger partial charge in [0.2, 0.25) is 0 Å². The van der Waals surface area contributed by atoms with Crippen molar-refractivity contribution in [1.29, 1.82) is 0 Å². The minimum Gasteiger partial charge on any atom is -0.497 e. The smallest absolute Gasteiger partial charge is 0.150 e. The first-order valence-corrected chi connectivity index (χ1v) is 6.12. The number of carbonyl (C=O) groups is 1. The summed E-state index contributed by atoms with van der Waals surface area (Å²) in [4.78, 5) is 11.1. The number of benzene rings is 1. The Bertz CT molecular complexity index is 409. The SMILES string of the molecule is COc1ccc(C=O)c(C2(N)CCCCC2)c1. The molecule has 0 unspecified atom stereocenters. The molecule has 92 valence electrons. The quantitative estimate of drug-likeness (QED) is 0.816. The van der Waals surface area contributed by atoms with Gasteiger partial charge in [0.25, 0.3) is 0 Å². The van der Waals surface area contributed by atoms with Crippen LogP contribution in [-0.2, 0) is 5.54 Å². The average molecular weight is 233 g/mol. The molecule has 0 atom stereocenters. The molecule has 1 aliphatic carbocycles. The van der Waals surface area contributed by atoms with Gasteiger partial charge in [0.1, 0.15) is 12.0 Å². The Morgan fingerprint density at radius 2 is 2.00 bits per heavy atom. The van der Waals surface area contributed by atoms with Crippen molar-refractivity contribution in [2.24, 2.45) is 5.73 Å². The number of aldehydes is 1. The Balaban J connectivity index is 2.43. The Kier molecular flexibility index (Phi) is 3.48. The Labute approximate surface area is 102 Å². The molecule has 0 heterocycles. The second-order valence-corrected chi connectivity index (χ2v) is 4.79. The monoisotopic (exact) mass is 233 g/mol. The summed E-state index contributed by atoms with van der Waals surface area (Å²) < 4.78 is 5.22. The number of hydrogen-bond acceptors (Lipinski definition) is 3. The van der Waals surface area contributed by atoms with Crippen LogP contribution in [-0.4, -0.2) is 13.4 Å². The van der Waals surface area contributed by atoms with Gasteiger partial charge in [-0.05, 0) is 36.6 Å². The zero-order valence-electron chi connectivity index (χ0n) is 10.2. The predicted molar refractivity (Wildman–Crippen MR) is 67.3 cm³/mol. The third kappa shape index (κ3) is 2.34. The molecule has 0 bridgehead atoms. The van der Waals surface area contributed by atoms with Gasteiger partial charge < -0.3 is 10.5 Å². The lowest BCUT2D eigenvalue weighted by atomic mass is 9.76. The number of hydrogen-bond donors (Lipinski definition) is 1. The summed E-state index contributed by atoms with van der Waals surface area (Å²) in [7, 11) is 1.63. The van der Waals surface area contributed by atoms with E-state index in [1.54, 1.807) is 19.2 Å². The lowest BCUT2D eigenvalue weighted by Crippen LogP contribution is -2.39. The molecule has 2 N–H and O–H groups in total. The summed E-state index contributed by atoms with van der Waals surface area (Å²) in [6.07, 6.45) is 6.28. The average Bonchev–Trinajstić information content (AvgIpc) is 2.39. The van der Waals surface area contributed by atoms with Gasteiger partial charge in [0.15, 0.2) is 0 Å². The highest BCUT2D eigenvalue weighted by Crippen LogP contribution is 2.37. The van der Waals surface area contributed by atoms with E-state index in [9.17, 15) is 4.79 Å². The van der Waals surface area contributed by atoms with E-state index >= 15 is 0 Å².